The van der Waals surface area contributed by atoms with Crippen molar-refractivity contribution in [3.8, 4) is 11.1 Å². The number of carbonyl (C=O) groups is 1. The molecule has 2 aliphatic heterocycles. The van der Waals surface area contributed by atoms with E-state index < -0.39 is 5.82 Å². The lowest BCUT2D eigenvalue weighted by atomic mass is 9.96. The van der Waals surface area contributed by atoms with Crippen molar-refractivity contribution in [2.24, 2.45) is 0 Å². The number of carbonyl (C=O) groups excluding carboxylic acids is 1. The first-order valence-corrected chi connectivity index (χ1v) is 11.0. The fraction of sp³-hybridized carbons (Fsp3) is 0.300. The van der Waals surface area contributed by atoms with Crippen LogP contribution in [0.5, 0.6) is 0 Å². The van der Waals surface area contributed by atoms with Crippen LogP contribution in [0.3, 0.4) is 0 Å². The number of halogens is 3. The van der Waals surface area contributed by atoms with Crippen LogP contribution in [-0.4, -0.2) is 48.1 Å². The summed E-state index contributed by atoms with van der Waals surface area (Å²) < 4.78 is 20.5. The van der Waals surface area contributed by atoms with Gasteiger partial charge in [-0.15, -0.1) is 0 Å². The summed E-state index contributed by atoms with van der Waals surface area (Å²) in [5.41, 5.74) is 8.25. The lowest BCUT2D eigenvalue weighted by molar-refractivity contribution is 0.0254. The molecular weight excluding hydrogens is 450 g/mol. The zero-order chi connectivity index (χ0) is 21.0. The Morgan fingerprint density at radius 2 is 2.17 bits per heavy atom. The van der Waals surface area contributed by atoms with Crippen molar-refractivity contribution in [3.05, 3.63) is 45.2 Å². The molecule has 5 rings (SSSR count). The van der Waals surface area contributed by atoms with Crippen molar-refractivity contribution >= 4 is 55.8 Å². The summed E-state index contributed by atoms with van der Waals surface area (Å²) in [4.78, 5) is 19.4. The number of hydrogen-bond acceptors (Lipinski definition) is 6. The summed E-state index contributed by atoms with van der Waals surface area (Å²) in [5, 5.41) is 4.12. The van der Waals surface area contributed by atoms with E-state index in [1.165, 1.54) is 6.07 Å². The van der Waals surface area contributed by atoms with Crippen LogP contribution in [0.1, 0.15) is 15.9 Å². The summed E-state index contributed by atoms with van der Waals surface area (Å²) in [5.74, 6) is -0.526. The zero-order valence-corrected chi connectivity index (χ0v) is 18.0. The number of nitrogens with one attached hydrogen (secondary N) is 1. The molecule has 1 atom stereocenters. The SMILES string of the molecule is Nc1nc2c(-c3c(Cl)cc4c(c3Cl)COC[C@H]3CNCCN3C4=O)ccc(F)c2s1. The molecule has 6 nitrogen and oxygen atoms in total. The minimum Gasteiger partial charge on any atom is -0.375 e. The van der Waals surface area contributed by atoms with Crippen LogP contribution in [0.25, 0.3) is 21.3 Å². The van der Waals surface area contributed by atoms with Crippen LogP contribution in [0, 0.1) is 5.82 Å². The Kier molecular flexibility index (Phi) is 5.07. The molecule has 0 unspecified atom stereocenters. The van der Waals surface area contributed by atoms with E-state index in [0.717, 1.165) is 17.9 Å². The molecule has 2 aromatic carbocycles. The van der Waals surface area contributed by atoms with Crippen molar-refractivity contribution < 1.29 is 13.9 Å². The normalized spacial score (nSPS) is 19.4. The molecule has 3 N–H and O–H groups in total. The average Bonchev–Trinajstić information content (AvgIpc) is 3.12. The van der Waals surface area contributed by atoms with Crippen LogP contribution in [0.4, 0.5) is 9.52 Å². The number of aromatic nitrogens is 1. The lowest BCUT2D eigenvalue weighted by Gasteiger charge is -2.38. The molecule has 10 heteroatoms. The maximum Gasteiger partial charge on any atom is 0.254 e. The van der Waals surface area contributed by atoms with Crippen molar-refractivity contribution in [1.29, 1.82) is 0 Å². The number of hydrogen-bond donors (Lipinski definition) is 2. The highest BCUT2D eigenvalue weighted by Crippen LogP contribution is 2.44. The molecule has 0 saturated carbocycles. The van der Waals surface area contributed by atoms with Crippen molar-refractivity contribution in [2.45, 2.75) is 12.6 Å². The second-order valence-corrected chi connectivity index (χ2v) is 9.09. The average molecular weight is 467 g/mol. The van der Waals surface area contributed by atoms with Gasteiger partial charge in [-0.2, -0.15) is 0 Å². The van der Waals surface area contributed by atoms with Gasteiger partial charge in [0.05, 0.1) is 39.5 Å². The highest BCUT2D eigenvalue weighted by Gasteiger charge is 2.33. The largest absolute Gasteiger partial charge is 0.375 e. The molecule has 0 radical (unpaired) electrons. The quantitative estimate of drug-likeness (QED) is 0.567. The standard InChI is InChI=1S/C20H17Cl2FN4O2S/c21-13-5-11-12(8-29-7-9-6-25-3-4-27(9)19(11)28)16(22)15(13)10-1-2-14(23)18-17(10)26-20(24)30-18/h1-2,5,9,25H,3-4,6-8H2,(H2,24,26)/t9-/m1/s1. The number of fused-ring (bicyclic) bond motifs is 3. The summed E-state index contributed by atoms with van der Waals surface area (Å²) in [6.07, 6.45) is 0. The van der Waals surface area contributed by atoms with Gasteiger partial charge in [0.25, 0.3) is 5.91 Å². The van der Waals surface area contributed by atoms with E-state index in [2.05, 4.69) is 10.3 Å². The van der Waals surface area contributed by atoms with Crippen LogP contribution >= 0.6 is 34.5 Å². The van der Waals surface area contributed by atoms with Gasteiger partial charge < -0.3 is 20.7 Å². The summed E-state index contributed by atoms with van der Waals surface area (Å²) in [6, 6.07) is 4.50. The molecule has 0 spiro atoms. The van der Waals surface area contributed by atoms with Crippen LogP contribution < -0.4 is 11.1 Å². The second kappa shape index (κ2) is 7.62. The number of piperazine rings is 1. The van der Waals surface area contributed by atoms with E-state index in [0.29, 0.717) is 62.2 Å². The fourth-order valence-corrected chi connectivity index (χ4v) is 5.54. The molecule has 1 fully saturated rings. The molecule has 3 heterocycles. The minimum atomic E-state index is -0.412. The predicted molar refractivity (Wildman–Crippen MR) is 117 cm³/mol. The highest BCUT2D eigenvalue weighted by atomic mass is 35.5. The Morgan fingerprint density at radius 3 is 3.00 bits per heavy atom. The van der Waals surface area contributed by atoms with Crippen molar-refractivity contribution in [3.63, 3.8) is 0 Å². The maximum absolute atomic E-state index is 14.3. The Morgan fingerprint density at radius 1 is 1.33 bits per heavy atom. The van der Waals surface area contributed by atoms with Gasteiger partial charge in [0, 0.05) is 41.9 Å². The lowest BCUT2D eigenvalue weighted by Crippen LogP contribution is -2.56. The smallest absolute Gasteiger partial charge is 0.254 e. The molecule has 0 bridgehead atoms. The number of nitrogen functional groups attached to an aromatic ring is 1. The predicted octanol–water partition coefficient (Wildman–Crippen LogP) is 3.94. The maximum atomic E-state index is 14.3. The number of anilines is 1. The third-order valence-corrected chi connectivity index (χ3v) is 7.11. The summed E-state index contributed by atoms with van der Waals surface area (Å²) >= 11 is 14.5. The highest BCUT2D eigenvalue weighted by molar-refractivity contribution is 7.22. The molecule has 1 amide bonds. The van der Waals surface area contributed by atoms with Crippen LogP contribution in [0.2, 0.25) is 10.0 Å². The summed E-state index contributed by atoms with van der Waals surface area (Å²) in [7, 11) is 0. The van der Waals surface area contributed by atoms with E-state index in [1.807, 2.05) is 0 Å². The molecule has 2 aliphatic rings. The molecule has 1 saturated heterocycles. The molecule has 156 valence electrons. The first-order valence-electron chi connectivity index (χ1n) is 9.41. The van der Waals surface area contributed by atoms with Gasteiger partial charge in [-0.1, -0.05) is 34.5 Å². The van der Waals surface area contributed by atoms with Crippen LogP contribution in [0.15, 0.2) is 18.2 Å². The molecule has 3 aromatic rings. The Labute approximate surface area is 185 Å². The molecule has 30 heavy (non-hydrogen) atoms. The topological polar surface area (TPSA) is 80.5 Å². The first-order chi connectivity index (χ1) is 14.5. The Hall–Kier alpha value is -1.97. The van der Waals surface area contributed by atoms with Gasteiger partial charge in [0.15, 0.2) is 5.13 Å². The van der Waals surface area contributed by atoms with E-state index in [4.69, 9.17) is 33.7 Å². The van der Waals surface area contributed by atoms with Crippen LogP contribution in [-0.2, 0) is 11.3 Å². The van der Waals surface area contributed by atoms with Gasteiger partial charge in [-0.05, 0) is 18.2 Å². The van der Waals surface area contributed by atoms with E-state index >= 15 is 0 Å². The van der Waals surface area contributed by atoms with E-state index in [9.17, 15) is 9.18 Å². The fourth-order valence-electron chi connectivity index (χ4n) is 4.06. The number of ether oxygens (including phenoxy) is 1. The monoisotopic (exact) mass is 466 g/mol. The number of nitrogens with two attached hydrogens (primary N) is 1. The number of benzene rings is 2. The molecular formula is C20H17Cl2FN4O2S. The number of amides is 1. The summed E-state index contributed by atoms with van der Waals surface area (Å²) in [6.45, 7) is 2.57. The van der Waals surface area contributed by atoms with Crippen molar-refractivity contribution in [1.82, 2.24) is 15.2 Å². The molecule has 0 aliphatic carbocycles. The van der Waals surface area contributed by atoms with Gasteiger partial charge in [0.2, 0.25) is 0 Å². The number of rotatable bonds is 1. The zero-order valence-electron chi connectivity index (χ0n) is 15.7. The van der Waals surface area contributed by atoms with E-state index in [1.54, 1.807) is 17.0 Å². The first kappa shape index (κ1) is 20.0. The Bertz CT molecular complexity index is 1190. The number of nitrogens with zero attached hydrogens (tertiary/aromatic N) is 2. The Balaban J connectivity index is 1.70. The number of thiazole rings is 1. The minimum absolute atomic E-state index is 0.0358. The van der Waals surface area contributed by atoms with E-state index in [-0.39, 0.29) is 23.7 Å². The van der Waals surface area contributed by atoms with Gasteiger partial charge in [-0.25, -0.2) is 9.37 Å². The van der Waals surface area contributed by atoms with Gasteiger partial charge in [-0.3, -0.25) is 4.79 Å². The van der Waals surface area contributed by atoms with Crippen molar-refractivity contribution in [2.75, 3.05) is 32.0 Å². The van der Waals surface area contributed by atoms with Gasteiger partial charge >= 0.3 is 0 Å². The third-order valence-electron chi connectivity index (χ3n) is 5.50. The second-order valence-electron chi connectivity index (χ2n) is 7.27. The third kappa shape index (κ3) is 3.14. The van der Waals surface area contributed by atoms with Gasteiger partial charge in [0.1, 0.15) is 5.82 Å². The molecule has 1 aromatic heterocycles.